The van der Waals surface area contributed by atoms with E-state index in [1.165, 1.54) is 16.9 Å². The van der Waals surface area contributed by atoms with Crippen LogP contribution in [0.15, 0.2) is 24.3 Å². The minimum atomic E-state index is 0.353. The van der Waals surface area contributed by atoms with E-state index < -0.39 is 0 Å². The van der Waals surface area contributed by atoms with Gasteiger partial charge in [0.1, 0.15) is 10.9 Å². The highest BCUT2D eigenvalue weighted by Gasteiger charge is 2.10. The van der Waals surface area contributed by atoms with Crippen LogP contribution in [-0.2, 0) is 5.88 Å². The van der Waals surface area contributed by atoms with Gasteiger partial charge in [-0.15, -0.1) is 11.6 Å². The van der Waals surface area contributed by atoms with Crippen LogP contribution >= 0.6 is 34.5 Å². The summed E-state index contributed by atoms with van der Waals surface area (Å²) in [5, 5.41) is 0.941. The van der Waals surface area contributed by atoms with E-state index in [0.29, 0.717) is 22.1 Å². The van der Waals surface area contributed by atoms with Gasteiger partial charge in [-0.1, -0.05) is 48.9 Å². The molecule has 0 aliphatic heterocycles. The summed E-state index contributed by atoms with van der Waals surface area (Å²) in [6.07, 6.45) is 0. The number of ether oxygens (including phenoxy) is 1. The molecule has 1 heterocycles. The van der Waals surface area contributed by atoms with Gasteiger partial charge in [0.05, 0.1) is 10.8 Å². The van der Waals surface area contributed by atoms with Crippen LogP contribution in [0, 0.1) is 0 Å². The number of hydrogen-bond donors (Lipinski definition) is 0. The second kappa shape index (κ2) is 5.91. The van der Waals surface area contributed by atoms with Crippen LogP contribution < -0.4 is 4.74 Å². The van der Waals surface area contributed by atoms with Crippen molar-refractivity contribution >= 4 is 34.5 Å². The lowest BCUT2D eigenvalue weighted by molar-refractivity contribution is 0.478. The van der Waals surface area contributed by atoms with Crippen LogP contribution in [0.2, 0.25) is 5.15 Å². The Morgan fingerprint density at radius 1 is 1.28 bits per heavy atom. The highest BCUT2D eigenvalue weighted by molar-refractivity contribution is 7.14. The van der Waals surface area contributed by atoms with Gasteiger partial charge >= 0.3 is 0 Å². The van der Waals surface area contributed by atoms with Gasteiger partial charge in [-0.3, -0.25) is 0 Å². The molecule has 0 spiro atoms. The van der Waals surface area contributed by atoms with Crippen molar-refractivity contribution in [2.45, 2.75) is 25.6 Å². The van der Waals surface area contributed by atoms with Gasteiger partial charge in [0.2, 0.25) is 0 Å². The molecule has 0 saturated heterocycles. The summed E-state index contributed by atoms with van der Waals surface area (Å²) in [6.45, 7) is 4.31. The van der Waals surface area contributed by atoms with Crippen molar-refractivity contribution in [3.05, 3.63) is 39.9 Å². The molecule has 0 aliphatic rings. The number of aromatic nitrogens is 1. The molecule has 1 aromatic carbocycles. The summed E-state index contributed by atoms with van der Waals surface area (Å²) in [7, 11) is 0. The van der Waals surface area contributed by atoms with E-state index in [1.807, 2.05) is 12.1 Å². The first kappa shape index (κ1) is 13.7. The van der Waals surface area contributed by atoms with Crippen LogP contribution in [0.5, 0.6) is 10.9 Å². The third-order valence-electron chi connectivity index (χ3n) is 2.50. The average molecular weight is 302 g/mol. The average Bonchev–Trinajstić information content (AvgIpc) is 2.70. The summed E-state index contributed by atoms with van der Waals surface area (Å²) in [6, 6.07) is 7.98. The van der Waals surface area contributed by atoms with Gasteiger partial charge in [-0.25, -0.2) is 0 Å². The maximum atomic E-state index is 5.91. The van der Waals surface area contributed by atoms with E-state index in [0.717, 1.165) is 10.6 Å². The minimum Gasteiger partial charge on any atom is -0.431 e. The number of alkyl halides is 1. The van der Waals surface area contributed by atoms with Crippen molar-refractivity contribution in [3.63, 3.8) is 0 Å². The van der Waals surface area contributed by atoms with Gasteiger partial charge in [-0.2, -0.15) is 4.98 Å². The molecule has 2 rings (SSSR count). The summed E-state index contributed by atoms with van der Waals surface area (Å²) >= 11 is 13.0. The molecule has 0 bridgehead atoms. The Balaban J connectivity index is 2.13. The molecule has 1 aromatic heterocycles. The van der Waals surface area contributed by atoms with E-state index in [9.17, 15) is 0 Å². The van der Waals surface area contributed by atoms with Gasteiger partial charge in [0.15, 0.2) is 0 Å². The largest absolute Gasteiger partial charge is 0.431 e. The number of nitrogens with zero attached hydrogens (tertiary/aromatic N) is 1. The molecule has 0 saturated carbocycles. The lowest BCUT2D eigenvalue weighted by atomic mass is 10.0. The number of rotatable bonds is 4. The van der Waals surface area contributed by atoms with Crippen molar-refractivity contribution in [3.8, 4) is 10.9 Å². The minimum absolute atomic E-state index is 0.353. The Labute approximate surface area is 121 Å². The molecule has 0 aliphatic carbocycles. The number of halogens is 2. The third kappa shape index (κ3) is 3.16. The van der Waals surface area contributed by atoms with Crippen molar-refractivity contribution in [2.24, 2.45) is 0 Å². The topological polar surface area (TPSA) is 22.1 Å². The van der Waals surface area contributed by atoms with Crippen molar-refractivity contribution in [1.82, 2.24) is 4.98 Å². The second-order valence-corrected chi connectivity index (χ2v) is 5.82. The van der Waals surface area contributed by atoms with E-state index in [1.54, 1.807) is 0 Å². The molecule has 2 nitrogen and oxygen atoms in total. The molecule has 5 heteroatoms. The first-order valence-electron chi connectivity index (χ1n) is 5.59. The molecule has 0 N–H and O–H groups in total. The van der Waals surface area contributed by atoms with E-state index in [4.69, 9.17) is 27.9 Å². The van der Waals surface area contributed by atoms with E-state index in [2.05, 4.69) is 31.0 Å². The molecule has 0 radical (unpaired) electrons. The van der Waals surface area contributed by atoms with Gasteiger partial charge in [-0.05, 0) is 23.6 Å². The zero-order chi connectivity index (χ0) is 13.1. The Bertz CT molecular complexity index is 522. The lowest BCUT2D eigenvalue weighted by Crippen LogP contribution is -1.87. The molecular weight excluding hydrogens is 289 g/mol. The summed E-state index contributed by atoms with van der Waals surface area (Å²) < 4.78 is 5.64. The predicted molar refractivity (Wildman–Crippen MR) is 77.3 cm³/mol. The number of thiazole rings is 1. The molecule has 0 fully saturated rings. The molecular formula is C13H13Cl2NOS. The standard InChI is InChI=1S/C13H13Cl2NOS/c1-8(2)9-3-5-10(6-4-9)17-13-16-12(15)11(7-14)18-13/h3-6,8H,7H2,1-2H3. The van der Waals surface area contributed by atoms with Crippen molar-refractivity contribution < 1.29 is 4.74 Å². The molecule has 0 atom stereocenters. The van der Waals surface area contributed by atoms with Gasteiger partial charge < -0.3 is 4.74 Å². The molecule has 96 valence electrons. The van der Waals surface area contributed by atoms with Crippen LogP contribution in [0.1, 0.15) is 30.2 Å². The summed E-state index contributed by atoms with van der Waals surface area (Å²) in [5.74, 6) is 1.62. The lowest BCUT2D eigenvalue weighted by Gasteiger charge is -2.06. The maximum absolute atomic E-state index is 5.91. The quantitative estimate of drug-likeness (QED) is 0.700. The first-order chi connectivity index (χ1) is 8.60. The SMILES string of the molecule is CC(C)c1ccc(Oc2nc(Cl)c(CCl)s2)cc1. The van der Waals surface area contributed by atoms with Crippen molar-refractivity contribution in [2.75, 3.05) is 0 Å². The highest BCUT2D eigenvalue weighted by atomic mass is 35.5. The zero-order valence-electron chi connectivity index (χ0n) is 10.1. The first-order valence-corrected chi connectivity index (χ1v) is 7.32. The Morgan fingerprint density at radius 2 is 1.94 bits per heavy atom. The van der Waals surface area contributed by atoms with Crippen LogP contribution in [0.4, 0.5) is 0 Å². The Hall–Kier alpha value is -0.770. The van der Waals surface area contributed by atoms with Crippen LogP contribution in [0.3, 0.4) is 0 Å². The summed E-state index contributed by atoms with van der Waals surface area (Å²) in [5.41, 5.74) is 1.28. The van der Waals surface area contributed by atoms with Crippen LogP contribution in [-0.4, -0.2) is 4.98 Å². The molecule has 18 heavy (non-hydrogen) atoms. The van der Waals surface area contributed by atoms with E-state index in [-0.39, 0.29) is 0 Å². The molecule has 0 amide bonds. The fraction of sp³-hybridized carbons (Fsp3) is 0.308. The fourth-order valence-corrected chi connectivity index (χ4v) is 2.80. The predicted octanol–water partition coefficient (Wildman–Crippen LogP) is 5.45. The van der Waals surface area contributed by atoms with Crippen LogP contribution in [0.25, 0.3) is 0 Å². The maximum Gasteiger partial charge on any atom is 0.280 e. The fourth-order valence-electron chi connectivity index (χ4n) is 1.46. The summed E-state index contributed by atoms with van der Waals surface area (Å²) in [4.78, 5) is 4.94. The Kier molecular flexibility index (Phi) is 4.49. The number of benzene rings is 1. The molecule has 0 unspecified atom stereocenters. The zero-order valence-corrected chi connectivity index (χ0v) is 12.4. The van der Waals surface area contributed by atoms with Gasteiger partial charge in [0.25, 0.3) is 5.19 Å². The smallest absolute Gasteiger partial charge is 0.280 e. The normalized spacial score (nSPS) is 10.9. The highest BCUT2D eigenvalue weighted by Crippen LogP contribution is 2.33. The third-order valence-corrected chi connectivity index (χ3v) is 4.29. The van der Waals surface area contributed by atoms with Gasteiger partial charge in [0, 0.05) is 0 Å². The number of hydrogen-bond acceptors (Lipinski definition) is 3. The monoisotopic (exact) mass is 301 g/mol. The second-order valence-electron chi connectivity index (χ2n) is 4.15. The van der Waals surface area contributed by atoms with E-state index >= 15 is 0 Å². The molecule has 2 aromatic rings. The van der Waals surface area contributed by atoms with Crippen molar-refractivity contribution in [1.29, 1.82) is 0 Å². The Morgan fingerprint density at radius 3 is 2.44 bits per heavy atom.